The minimum absolute atomic E-state index is 0.146. The summed E-state index contributed by atoms with van der Waals surface area (Å²) >= 11 is 0. The quantitative estimate of drug-likeness (QED) is 0.815. The Labute approximate surface area is 101 Å². The highest BCUT2D eigenvalue weighted by atomic mass is 16.5. The second-order valence-electron chi connectivity index (χ2n) is 4.27. The largest absolute Gasteiger partial charge is 0.497 e. The number of carbonyl (C=O) groups is 1. The van der Waals surface area contributed by atoms with Gasteiger partial charge in [-0.1, -0.05) is 0 Å². The molecule has 2 rings (SSSR count). The van der Waals surface area contributed by atoms with E-state index >= 15 is 0 Å². The van der Waals surface area contributed by atoms with Crippen LogP contribution in [0.5, 0.6) is 5.75 Å². The predicted molar refractivity (Wildman–Crippen MR) is 65.5 cm³/mol. The fourth-order valence-corrected chi connectivity index (χ4v) is 2.27. The molecule has 1 aromatic rings. The lowest BCUT2D eigenvalue weighted by atomic mass is 9.92. The SMILES string of the molecule is COC(=O)C[C@@H]1c2cc(OC)ccc2N[C@H]1C. The second-order valence-corrected chi connectivity index (χ2v) is 4.27. The molecule has 92 valence electrons. The van der Waals surface area contributed by atoms with Crippen molar-refractivity contribution in [2.45, 2.75) is 25.3 Å². The molecule has 17 heavy (non-hydrogen) atoms. The highest BCUT2D eigenvalue weighted by molar-refractivity contribution is 5.73. The van der Waals surface area contributed by atoms with Gasteiger partial charge in [0.15, 0.2) is 0 Å². The Kier molecular flexibility index (Phi) is 3.22. The smallest absolute Gasteiger partial charge is 0.306 e. The Balaban J connectivity index is 2.28. The molecule has 0 saturated heterocycles. The summed E-state index contributed by atoms with van der Waals surface area (Å²) < 4.78 is 9.94. The van der Waals surface area contributed by atoms with Gasteiger partial charge in [0.2, 0.25) is 0 Å². The van der Waals surface area contributed by atoms with Gasteiger partial charge in [-0.15, -0.1) is 0 Å². The van der Waals surface area contributed by atoms with Crippen molar-refractivity contribution >= 4 is 11.7 Å². The lowest BCUT2D eigenvalue weighted by molar-refractivity contribution is -0.141. The predicted octanol–water partition coefficient (Wildman–Crippen LogP) is 2.16. The molecule has 1 N–H and O–H groups in total. The van der Waals surface area contributed by atoms with Crippen molar-refractivity contribution in [3.8, 4) is 5.75 Å². The van der Waals surface area contributed by atoms with Gasteiger partial charge in [-0.25, -0.2) is 0 Å². The van der Waals surface area contributed by atoms with Crippen molar-refractivity contribution in [2.24, 2.45) is 0 Å². The van der Waals surface area contributed by atoms with Crippen LogP contribution in [0.15, 0.2) is 18.2 Å². The standard InChI is InChI=1S/C13H17NO3/c1-8-10(7-13(15)17-3)11-6-9(16-2)4-5-12(11)14-8/h4-6,8,10,14H,7H2,1-3H3/t8-,10-/m0/s1. The number of methoxy groups -OCH3 is 2. The molecule has 1 aromatic carbocycles. The molecule has 0 aromatic heterocycles. The first kappa shape index (κ1) is 11.8. The van der Waals surface area contributed by atoms with E-state index in [1.165, 1.54) is 7.11 Å². The van der Waals surface area contributed by atoms with Crippen LogP contribution in [-0.2, 0) is 9.53 Å². The fraction of sp³-hybridized carbons (Fsp3) is 0.462. The zero-order valence-electron chi connectivity index (χ0n) is 10.3. The molecular formula is C13H17NO3. The van der Waals surface area contributed by atoms with Crippen molar-refractivity contribution in [3.63, 3.8) is 0 Å². The molecule has 1 aliphatic heterocycles. The van der Waals surface area contributed by atoms with Crippen LogP contribution in [0.4, 0.5) is 5.69 Å². The molecule has 4 nitrogen and oxygen atoms in total. The first-order valence-electron chi connectivity index (χ1n) is 5.67. The average molecular weight is 235 g/mol. The van der Waals surface area contributed by atoms with Crippen LogP contribution < -0.4 is 10.1 Å². The minimum Gasteiger partial charge on any atom is -0.497 e. The highest BCUT2D eigenvalue weighted by Crippen LogP contribution is 2.39. The van der Waals surface area contributed by atoms with E-state index in [0.717, 1.165) is 17.0 Å². The van der Waals surface area contributed by atoms with Crippen molar-refractivity contribution in [1.29, 1.82) is 0 Å². The molecule has 0 saturated carbocycles. The van der Waals surface area contributed by atoms with E-state index in [2.05, 4.69) is 12.2 Å². The number of ether oxygens (including phenoxy) is 2. The number of carbonyl (C=O) groups excluding carboxylic acids is 1. The van der Waals surface area contributed by atoms with Crippen molar-refractivity contribution < 1.29 is 14.3 Å². The molecule has 2 atom stereocenters. The molecule has 0 bridgehead atoms. The summed E-state index contributed by atoms with van der Waals surface area (Å²) in [4.78, 5) is 11.4. The molecule has 0 radical (unpaired) electrons. The number of hydrogen-bond acceptors (Lipinski definition) is 4. The van der Waals surface area contributed by atoms with Crippen LogP contribution in [-0.4, -0.2) is 26.2 Å². The minimum atomic E-state index is -0.181. The van der Waals surface area contributed by atoms with Crippen molar-refractivity contribution in [3.05, 3.63) is 23.8 Å². The summed E-state index contributed by atoms with van der Waals surface area (Å²) in [6, 6.07) is 6.12. The molecule has 0 aliphatic carbocycles. The molecule has 0 unspecified atom stereocenters. The van der Waals surface area contributed by atoms with Crippen LogP contribution in [0.2, 0.25) is 0 Å². The van der Waals surface area contributed by atoms with Gasteiger partial charge in [-0.2, -0.15) is 0 Å². The topological polar surface area (TPSA) is 47.6 Å². The highest BCUT2D eigenvalue weighted by Gasteiger charge is 2.31. The monoisotopic (exact) mass is 235 g/mol. The summed E-state index contributed by atoms with van der Waals surface area (Å²) in [6.45, 7) is 2.07. The molecule has 0 spiro atoms. The number of fused-ring (bicyclic) bond motifs is 1. The van der Waals surface area contributed by atoms with E-state index in [-0.39, 0.29) is 17.9 Å². The van der Waals surface area contributed by atoms with Gasteiger partial charge < -0.3 is 14.8 Å². The summed E-state index contributed by atoms with van der Waals surface area (Å²) in [6.07, 6.45) is 0.394. The third kappa shape index (κ3) is 2.20. The Morgan fingerprint density at radius 3 is 2.82 bits per heavy atom. The summed E-state index contributed by atoms with van der Waals surface area (Å²) in [7, 11) is 3.06. The van der Waals surface area contributed by atoms with E-state index in [1.54, 1.807) is 7.11 Å². The van der Waals surface area contributed by atoms with Crippen LogP contribution in [0, 0.1) is 0 Å². The normalized spacial score (nSPS) is 21.6. The zero-order valence-corrected chi connectivity index (χ0v) is 10.3. The Morgan fingerprint density at radius 1 is 1.41 bits per heavy atom. The van der Waals surface area contributed by atoms with Crippen LogP contribution in [0.3, 0.4) is 0 Å². The second kappa shape index (κ2) is 4.65. The van der Waals surface area contributed by atoms with E-state index in [4.69, 9.17) is 9.47 Å². The molecule has 0 amide bonds. The molecule has 1 heterocycles. The van der Waals surface area contributed by atoms with Crippen LogP contribution >= 0.6 is 0 Å². The molecule has 4 heteroatoms. The van der Waals surface area contributed by atoms with Gasteiger partial charge in [0.05, 0.1) is 20.6 Å². The first-order valence-corrected chi connectivity index (χ1v) is 5.67. The van der Waals surface area contributed by atoms with E-state index in [1.807, 2.05) is 18.2 Å². The third-order valence-electron chi connectivity index (χ3n) is 3.26. The van der Waals surface area contributed by atoms with Gasteiger partial charge in [0, 0.05) is 17.6 Å². The summed E-state index contributed by atoms with van der Waals surface area (Å²) in [5.41, 5.74) is 2.20. The van der Waals surface area contributed by atoms with Gasteiger partial charge in [-0.05, 0) is 30.7 Å². The van der Waals surface area contributed by atoms with Crippen molar-refractivity contribution in [2.75, 3.05) is 19.5 Å². The van der Waals surface area contributed by atoms with Gasteiger partial charge in [0.1, 0.15) is 5.75 Å². The van der Waals surface area contributed by atoms with Crippen molar-refractivity contribution in [1.82, 2.24) is 0 Å². The van der Waals surface area contributed by atoms with E-state index in [0.29, 0.717) is 6.42 Å². The number of rotatable bonds is 3. The third-order valence-corrected chi connectivity index (χ3v) is 3.26. The lowest BCUT2D eigenvalue weighted by Crippen LogP contribution is -2.19. The lowest BCUT2D eigenvalue weighted by Gasteiger charge is -2.14. The Morgan fingerprint density at radius 2 is 2.18 bits per heavy atom. The number of anilines is 1. The van der Waals surface area contributed by atoms with Gasteiger partial charge in [-0.3, -0.25) is 4.79 Å². The maximum absolute atomic E-state index is 11.4. The number of esters is 1. The Hall–Kier alpha value is -1.71. The molecule has 1 aliphatic rings. The van der Waals surface area contributed by atoms with E-state index < -0.39 is 0 Å². The van der Waals surface area contributed by atoms with Gasteiger partial charge in [0.25, 0.3) is 0 Å². The molecule has 0 fully saturated rings. The van der Waals surface area contributed by atoms with E-state index in [9.17, 15) is 4.79 Å². The van der Waals surface area contributed by atoms with Crippen LogP contribution in [0.1, 0.15) is 24.8 Å². The number of nitrogens with one attached hydrogen (secondary N) is 1. The Bertz CT molecular complexity index is 431. The number of benzene rings is 1. The maximum atomic E-state index is 11.4. The zero-order chi connectivity index (χ0) is 12.4. The first-order chi connectivity index (χ1) is 8.15. The fourth-order valence-electron chi connectivity index (χ4n) is 2.27. The number of hydrogen-bond donors (Lipinski definition) is 1. The average Bonchev–Trinajstić information content (AvgIpc) is 2.65. The summed E-state index contributed by atoms with van der Waals surface area (Å²) in [5.74, 6) is 0.779. The maximum Gasteiger partial charge on any atom is 0.306 e. The summed E-state index contributed by atoms with van der Waals surface area (Å²) in [5, 5.41) is 3.36. The van der Waals surface area contributed by atoms with Gasteiger partial charge >= 0.3 is 5.97 Å². The molecular weight excluding hydrogens is 218 g/mol. The van der Waals surface area contributed by atoms with Crippen LogP contribution in [0.25, 0.3) is 0 Å².